The van der Waals surface area contributed by atoms with Crippen LogP contribution in [0.25, 0.3) is 0 Å². The van der Waals surface area contributed by atoms with Crippen molar-refractivity contribution >= 4 is 5.78 Å². The van der Waals surface area contributed by atoms with Gasteiger partial charge in [0.15, 0.2) is 0 Å². The number of carbonyl (C=O) groups is 1. The zero-order valence-electron chi connectivity index (χ0n) is 8.44. The number of carbonyl (C=O) groups excluding carboxylic acids is 1. The molecule has 0 radical (unpaired) electrons. The Bertz CT molecular complexity index is 76.9. The lowest BCUT2D eigenvalue weighted by atomic mass is 10.1. The zero-order valence-corrected chi connectivity index (χ0v) is 8.44. The van der Waals surface area contributed by atoms with E-state index < -0.39 is 0 Å². The average Bonchev–Trinajstić information content (AvgIpc) is 2.02. The molecule has 1 heteroatoms. The summed E-state index contributed by atoms with van der Waals surface area (Å²) in [6.45, 7) is 7.83. The van der Waals surface area contributed by atoms with Gasteiger partial charge in [0.2, 0.25) is 0 Å². The highest BCUT2D eigenvalue weighted by Gasteiger charge is 1.91. The quantitative estimate of drug-likeness (QED) is 0.559. The Balaban J connectivity index is 0. The third kappa shape index (κ3) is 17.7. The molecule has 0 aromatic heterocycles. The van der Waals surface area contributed by atoms with E-state index in [9.17, 15) is 4.79 Å². The Morgan fingerprint density at radius 2 is 1.64 bits per heavy atom. The van der Waals surface area contributed by atoms with Gasteiger partial charge in [-0.2, -0.15) is 0 Å². The monoisotopic (exact) mass is 158 g/mol. The van der Waals surface area contributed by atoms with Gasteiger partial charge in [0.1, 0.15) is 5.78 Å². The van der Waals surface area contributed by atoms with E-state index in [2.05, 4.69) is 6.92 Å². The first kappa shape index (κ1) is 13.3. The largest absolute Gasteiger partial charge is 0.300 e. The average molecular weight is 158 g/mol. The standard InChI is InChI=1S/C8H16O.C2H6/c1-3-4-5-6-7-8(2)9;1-2/h3-7H2,1-2H3;1-2H3. The van der Waals surface area contributed by atoms with E-state index in [1.165, 1.54) is 19.3 Å². The second-order valence-corrected chi connectivity index (χ2v) is 2.51. The molecule has 0 saturated carbocycles. The van der Waals surface area contributed by atoms with Crippen LogP contribution in [0.4, 0.5) is 0 Å². The highest BCUT2D eigenvalue weighted by molar-refractivity contribution is 5.75. The first-order valence-electron chi connectivity index (χ1n) is 4.76. The predicted octanol–water partition coefficient (Wildman–Crippen LogP) is 3.57. The topological polar surface area (TPSA) is 17.1 Å². The molecule has 0 amide bonds. The minimum atomic E-state index is 0.325. The van der Waals surface area contributed by atoms with Gasteiger partial charge in [-0.05, 0) is 13.3 Å². The van der Waals surface area contributed by atoms with E-state index >= 15 is 0 Å². The molecule has 11 heavy (non-hydrogen) atoms. The predicted molar refractivity (Wildman–Crippen MR) is 50.8 cm³/mol. The Morgan fingerprint density at radius 1 is 1.09 bits per heavy atom. The van der Waals surface area contributed by atoms with Crippen LogP contribution in [0, 0.1) is 0 Å². The maximum absolute atomic E-state index is 10.4. The third-order valence-corrected chi connectivity index (χ3v) is 1.38. The smallest absolute Gasteiger partial charge is 0.129 e. The molecule has 0 heterocycles. The summed E-state index contributed by atoms with van der Waals surface area (Å²) in [7, 11) is 0. The SMILES string of the molecule is CC.CCCCCCC(C)=O. The van der Waals surface area contributed by atoms with E-state index in [1.54, 1.807) is 6.92 Å². The second kappa shape index (κ2) is 12.4. The Morgan fingerprint density at radius 3 is 2.00 bits per heavy atom. The minimum absolute atomic E-state index is 0.325. The van der Waals surface area contributed by atoms with Crippen LogP contribution >= 0.6 is 0 Å². The van der Waals surface area contributed by atoms with E-state index in [0.29, 0.717) is 5.78 Å². The first-order valence-corrected chi connectivity index (χ1v) is 4.76. The first-order chi connectivity index (χ1) is 5.27. The number of Topliss-reactive ketones (excluding diaryl/α,β-unsaturated/α-hetero) is 1. The van der Waals surface area contributed by atoms with Crippen LogP contribution in [0.3, 0.4) is 0 Å². The van der Waals surface area contributed by atoms with Gasteiger partial charge in [0.25, 0.3) is 0 Å². The van der Waals surface area contributed by atoms with Gasteiger partial charge < -0.3 is 4.79 Å². The lowest BCUT2D eigenvalue weighted by Crippen LogP contribution is -1.88. The van der Waals surface area contributed by atoms with Gasteiger partial charge >= 0.3 is 0 Å². The minimum Gasteiger partial charge on any atom is -0.300 e. The van der Waals surface area contributed by atoms with Crippen LogP contribution in [-0.2, 0) is 4.79 Å². The van der Waals surface area contributed by atoms with Crippen molar-refractivity contribution in [3.63, 3.8) is 0 Å². The second-order valence-electron chi connectivity index (χ2n) is 2.51. The van der Waals surface area contributed by atoms with E-state index in [-0.39, 0.29) is 0 Å². The van der Waals surface area contributed by atoms with E-state index in [0.717, 1.165) is 12.8 Å². The molecule has 0 aromatic carbocycles. The molecule has 0 spiro atoms. The van der Waals surface area contributed by atoms with Gasteiger partial charge in [0, 0.05) is 6.42 Å². The molecule has 0 aliphatic carbocycles. The van der Waals surface area contributed by atoms with Gasteiger partial charge in [0.05, 0.1) is 0 Å². The fourth-order valence-electron chi connectivity index (χ4n) is 0.801. The normalized spacial score (nSPS) is 8.36. The van der Waals surface area contributed by atoms with Crippen molar-refractivity contribution in [3.8, 4) is 0 Å². The van der Waals surface area contributed by atoms with Gasteiger partial charge in [-0.3, -0.25) is 0 Å². The maximum atomic E-state index is 10.4. The lowest BCUT2D eigenvalue weighted by molar-refractivity contribution is -0.117. The summed E-state index contributed by atoms with van der Waals surface area (Å²) in [5.74, 6) is 0.325. The fraction of sp³-hybridized carbons (Fsp3) is 0.900. The van der Waals surface area contributed by atoms with Crippen LogP contribution in [-0.4, -0.2) is 5.78 Å². The van der Waals surface area contributed by atoms with Crippen molar-refractivity contribution in [2.45, 2.75) is 59.8 Å². The third-order valence-electron chi connectivity index (χ3n) is 1.38. The van der Waals surface area contributed by atoms with Gasteiger partial charge in [-0.25, -0.2) is 0 Å². The highest BCUT2D eigenvalue weighted by atomic mass is 16.1. The number of unbranched alkanes of at least 4 members (excludes halogenated alkanes) is 3. The van der Waals surface area contributed by atoms with Crippen LogP contribution in [0.15, 0.2) is 0 Å². The zero-order chi connectivity index (χ0) is 9.11. The Labute approximate surface area is 71.2 Å². The summed E-state index contributed by atoms with van der Waals surface area (Å²) in [5.41, 5.74) is 0. The molecule has 0 fully saturated rings. The van der Waals surface area contributed by atoms with Crippen molar-refractivity contribution < 1.29 is 4.79 Å². The Hall–Kier alpha value is -0.330. The number of rotatable bonds is 5. The molecular weight excluding hydrogens is 136 g/mol. The molecule has 0 aromatic rings. The summed E-state index contributed by atoms with van der Waals surface area (Å²) in [5, 5.41) is 0. The summed E-state index contributed by atoms with van der Waals surface area (Å²) in [4.78, 5) is 10.4. The molecule has 0 rings (SSSR count). The van der Waals surface area contributed by atoms with Crippen LogP contribution in [0.1, 0.15) is 59.8 Å². The molecule has 0 aliphatic heterocycles. The molecule has 0 unspecified atom stereocenters. The van der Waals surface area contributed by atoms with Crippen LogP contribution in [0.2, 0.25) is 0 Å². The molecule has 0 saturated heterocycles. The summed E-state index contributed by atoms with van der Waals surface area (Å²) >= 11 is 0. The van der Waals surface area contributed by atoms with Crippen molar-refractivity contribution in [1.29, 1.82) is 0 Å². The molecule has 0 aliphatic rings. The number of ketones is 1. The summed E-state index contributed by atoms with van der Waals surface area (Å²) in [6.07, 6.45) is 5.60. The summed E-state index contributed by atoms with van der Waals surface area (Å²) in [6, 6.07) is 0. The van der Waals surface area contributed by atoms with E-state index in [4.69, 9.17) is 0 Å². The molecule has 0 N–H and O–H groups in total. The molecular formula is C10H22O. The lowest BCUT2D eigenvalue weighted by Gasteiger charge is -1.93. The molecule has 0 atom stereocenters. The summed E-state index contributed by atoms with van der Waals surface area (Å²) < 4.78 is 0. The van der Waals surface area contributed by atoms with Crippen molar-refractivity contribution in [1.82, 2.24) is 0 Å². The fourth-order valence-corrected chi connectivity index (χ4v) is 0.801. The Kier molecular flexibility index (Phi) is 14.9. The van der Waals surface area contributed by atoms with E-state index in [1.807, 2.05) is 13.8 Å². The highest BCUT2D eigenvalue weighted by Crippen LogP contribution is 2.01. The van der Waals surface area contributed by atoms with Crippen molar-refractivity contribution in [3.05, 3.63) is 0 Å². The van der Waals surface area contributed by atoms with Gasteiger partial charge in [-0.15, -0.1) is 0 Å². The van der Waals surface area contributed by atoms with Crippen molar-refractivity contribution in [2.75, 3.05) is 0 Å². The molecule has 1 nitrogen and oxygen atoms in total. The number of hydrogen-bond acceptors (Lipinski definition) is 1. The van der Waals surface area contributed by atoms with Crippen LogP contribution < -0.4 is 0 Å². The molecule has 68 valence electrons. The number of hydrogen-bond donors (Lipinski definition) is 0. The van der Waals surface area contributed by atoms with Crippen molar-refractivity contribution in [2.24, 2.45) is 0 Å². The maximum Gasteiger partial charge on any atom is 0.129 e. The molecule has 0 bridgehead atoms. The van der Waals surface area contributed by atoms with Gasteiger partial charge in [-0.1, -0.05) is 40.0 Å². The van der Waals surface area contributed by atoms with Crippen LogP contribution in [0.5, 0.6) is 0 Å².